The normalized spacial score (nSPS) is 14.0. The van der Waals surface area contributed by atoms with E-state index in [2.05, 4.69) is 15.4 Å². The van der Waals surface area contributed by atoms with Gasteiger partial charge >= 0.3 is 6.09 Å². The number of hydrogen-bond donors (Lipinski definition) is 1. The molecule has 3 aromatic rings. The van der Waals surface area contributed by atoms with E-state index in [0.29, 0.717) is 28.3 Å². The van der Waals surface area contributed by atoms with Gasteiger partial charge in [0.15, 0.2) is 17.7 Å². The summed E-state index contributed by atoms with van der Waals surface area (Å²) in [5.41, 5.74) is 3.02. The molecule has 0 saturated heterocycles. The molecule has 0 saturated carbocycles. The molecule has 0 spiro atoms. The summed E-state index contributed by atoms with van der Waals surface area (Å²) in [7, 11) is 3.09. The molecule has 0 radical (unpaired) electrons. The maximum Gasteiger partial charge on any atom is 0.433 e. The Balaban J connectivity index is 1.73. The first-order valence-electron chi connectivity index (χ1n) is 10.5. The van der Waals surface area contributed by atoms with Crippen molar-refractivity contribution in [1.29, 1.82) is 0 Å². The SMILES string of the molecule is COc1ccc(C2=NN(C(NC(=O)c3ccccn3)c3cccc(C)c3)C(=O)OC2)cc1OC. The number of carbonyl (C=O) groups excluding carboxylic acids is 2. The number of carbonyl (C=O) groups is 2. The molecule has 174 valence electrons. The number of aryl methyl sites for hydroxylation is 1. The Hall–Kier alpha value is -4.40. The number of benzene rings is 2. The number of hydrogen-bond acceptors (Lipinski definition) is 7. The summed E-state index contributed by atoms with van der Waals surface area (Å²) in [5, 5.41) is 8.55. The number of nitrogens with one attached hydrogen (secondary N) is 1. The first-order valence-corrected chi connectivity index (χ1v) is 10.5. The first-order chi connectivity index (χ1) is 16.5. The maximum absolute atomic E-state index is 12.9. The molecule has 2 heterocycles. The molecule has 1 unspecified atom stereocenters. The molecule has 1 atom stereocenters. The van der Waals surface area contributed by atoms with Crippen LogP contribution in [0.15, 0.2) is 72.0 Å². The van der Waals surface area contributed by atoms with Crippen molar-refractivity contribution in [2.45, 2.75) is 13.1 Å². The Morgan fingerprint density at radius 3 is 2.59 bits per heavy atom. The lowest BCUT2D eigenvalue weighted by molar-refractivity contribution is 0.0699. The van der Waals surface area contributed by atoms with E-state index in [9.17, 15) is 9.59 Å². The molecule has 1 aliphatic heterocycles. The summed E-state index contributed by atoms with van der Waals surface area (Å²) in [5.74, 6) is 0.634. The van der Waals surface area contributed by atoms with Crippen LogP contribution in [0.4, 0.5) is 4.79 Å². The number of pyridine rings is 1. The van der Waals surface area contributed by atoms with Gasteiger partial charge in [0.2, 0.25) is 0 Å². The van der Waals surface area contributed by atoms with Crippen LogP contribution < -0.4 is 14.8 Å². The summed E-state index contributed by atoms with van der Waals surface area (Å²) in [4.78, 5) is 29.8. The summed E-state index contributed by atoms with van der Waals surface area (Å²) in [6.45, 7) is 1.90. The van der Waals surface area contributed by atoms with Gasteiger partial charge in [0.05, 0.1) is 14.2 Å². The highest BCUT2D eigenvalue weighted by molar-refractivity contribution is 6.04. The van der Waals surface area contributed by atoms with Crippen LogP contribution in [-0.2, 0) is 4.74 Å². The lowest BCUT2D eigenvalue weighted by Crippen LogP contribution is -2.45. The molecule has 1 aliphatic rings. The molecule has 2 aromatic carbocycles. The van der Waals surface area contributed by atoms with Gasteiger partial charge in [-0.3, -0.25) is 9.78 Å². The Morgan fingerprint density at radius 1 is 1.06 bits per heavy atom. The van der Waals surface area contributed by atoms with Crippen LogP contribution in [0.25, 0.3) is 0 Å². The third-order valence-electron chi connectivity index (χ3n) is 5.23. The predicted molar refractivity (Wildman–Crippen MR) is 125 cm³/mol. The summed E-state index contributed by atoms with van der Waals surface area (Å²) >= 11 is 0. The van der Waals surface area contributed by atoms with Crippen LogP contribution in [-0.4, -0.2) is 48.5 Å². The molecular formula is C25H24N4O5. The van der Waals surface area contributed by atoms with Crippen molar-refractivity contribution in [2.24, 2.45) is 5.10 Å². The second kappa shape index (κ2) is 10.0. The average molecular weight is 460 g/mol. The monoisotopic (exact) mass is 460 g/mol. The van der Waals surface area contributed by atoms with E-state index in [-0.39, 0.29) is 12.3 Å². The van der Waals surface area contributed by atoms with Crippen molar-refractivity contribution in [3.8, 4) is 11.5 Å². The molecular weight excluding hydrogens is 436 g/mol. The molecule has 34 heavy (non-hydrogen) atoms. The Labute approximate surface area is 197 Å². The lowest BCUT2D eigenvalue weighted by atomic mass is 10.1. The van der Waals surface area contributed by atoms with Crippen molar-refractivity contribution < 1.29 is 23.8 Å². The molecule has 0 aliphatic carbocycles. The molecule has 9 heteroatoms. The zero-order valence-electron chi connectivity index (χ0n) is 19.0. The van der Waals surface area contributed by atoms with Gasteiger partial charge in [-0.05, 0) is 42.8 Å². The third kappa shape index (κ3) is 4.83. The minimum Gasteiger partial charge on any atom is -0.493 e. The van der Waals surface area contributed by atoms with Gasteiger partial charge in [0, 0.05) is 11.8 Å². The third-order valence-corrected chi connectivity index (χ3v) is 5.23. The van der Waals surface area contributed by atoms with Crippen molar-refractivity contribution in [2.75, 3.05) is 20.8 Å². The molecule has 4 rings (SSSR count). The Kier molecular flexibility index (Phi) is 6.72. The van der Waals surface area contributed by atoms with E-state index in [4.69, 9.17) is 14.2 Å². The zero-order valence-corrected chi connectivity index (χ0v) is 19.0. The number of methoxy groups -OCH3 is 2. The molecule has 1 aromatic heterocycles. The van der Waals surface area contributed by atoms with Crippen LogP contribution in [0.3, 0.4) is 0 Å². The van der Waals surface area contributed by atoms with E-state index in [1.54, 1.807) is 43.5 Å². The highest BCUT2D eigenvalue weighted by Gasteiger charge is 2.33. The van der Waals surface area contributed by atoms with Crippen LogP contribution in [0.2, 0.25) is 0 Å². The molecule has 2 amide bonds. The fourth-order valence-electron chi connectivity index (χ4n) is 3.54. The average Bonchev–Trinajstić information content (AvgIpc) is 2.87. The quantitative estimate of drug-likeness (QED) is 0.577. The van der Waals surface area contributed by atoms with Gasteiger partial charge in [-0.15, -0.1) is 0 Å². The van der Waals surface area contributed by atoms with E-state index in [0.717, 1.165) is 10.6 Å². The largest absolute Gasteiger partial charge is 0.493 e. The van der Waals surface area contributed by atoms with Crippen molar-refractivity contribution in [1.82, 2.24) is 15.3 Å². The molecule has 0 bridgehead atoms. The number of rotatable bonds is 7. The van der Waals surface area contributed by atoms with Crippen molar-refractivity contribution >= 4 is 17.7 Å². The standard InChI is InChI=1S/C25H24N4O5/c1-16-7-6-8-18(13-16)23(27-24(30)19-9-4-5-12-26-19)29-25(31)34-15-20(28-29)17-10-11-21(32-2)22(14-17)33-3/h4-14,23H,15H2,1-3H3,(H,27,30). The molecule has 9 nitrogen and oxygen atoms in total. The number of ether oxygens (including phenoxy) is 3. The Morgan fingerprint density at radius 2 is 1.88 bits per heavy atom. The van der Waals surface area contributed by atoms with Gasteiger partial charge < -0.3 is 19.5 Å². The van der Waals surface area contributed by atoms with Crippen LogP contribution in [0, 0.1) is 6.92 Å². The number of nitrogens with zero attached hydrogens (tertiary/aromatic N) is 3. The van der Waals surface area contributed by atoms with Crippen LogP contribution in [0.1, 0.15) is 33.3 Å². The van der Waals surface area contributed by atoms with Crippen molar-refractivity contribution in [3.63, 3.8) is 0 Å². The Bertz CT molecular complexity index is 1230. The summed E-state index contributed by atoms with van der Waals surface area (Å²) in [6, 6.07) is 17.8. The second-order valence-corrected chi connectivity index (χ2v) is 7.52. The fraction of sp³-hybridized carbons (Fsp3) is 0.200. The predicted octanol–water partition coefficient (Wildman–Crippen LogP) is 3.69. The number of cyclic esters (lactones) is 1. The highest BCUT2D eigenvalue weighted by Crippen LogP contribution is 2.29. The van der Waals surface area contributed by atoms with Gasteiger partial charge in [0.25, 0.3) is 5.91 Å². The van der Waals surface area contributed by atoms with Gasteiger partial charge in [-0.25, -0.2) is 4.79 Å². The van der Waals surface area contributed by atoms with Crippen molar-refractivity contribution in [3.05, 3.63) is 89.2 Å². The van der Waals surface area contributed by atoms with Gasteiger partial charge in [-0.2, -0.15) is 10.1 Å². The second-order valence-electron chi connectivity index (χ2n) is 7.52. The zero-order chi connectivity index (χ0) is 24.1. The fourth-order valence-corrected chi connectivity index (χ4v) is 3.54. The lowest BCUT2D eigenvalue weighted by Gasteiger charge is -2.31. The smallest absolute Gasteiger partial charge is 0.433 e. The van der Waals surface area contributed by atoms with E-state index in [1.165, 1.54) is 13.3 Å². The van der Waals surface area contributed by atoms with E-state index >= 15 is 0 Å². The van der Waals surface area contributed by atoms with Gasteiger partial charge in [-0.1, -0.05) is 35.9 Å². The number of hydrazone groups is 1. The van der Waals surface area contributed by atoms with Crippen LogP contribution >= 0.6 is 0 Å². The topological polar surface area (TPSA) is 102 Å². The maximum atomic E-state index is 12.9. The van der Waals surface area contributed by atoms with E-state index in [1.807, 2.05) is 31.2 Å². The van der Waals surface area contributed by atoms with Crippen LogP contribution in [0.5, 0.6) is 11.5 Å². The summed E-state index contributed by atoms with van der Waals surface area (Å²) in [6.07, 6.45) is -0.0756. The van der Waals surface area contributed by atoms with Gasteiger partial charge in [0.1, 0.15) is 18.0 Å². The minimum atomic E-state index is -0.919. The number of amides is 2. The number of aromatic nitrogens is 1. The highest BCUT2D eigenvalue weighted by atomic mass is 16.6. The molecule has 0 fully saturated rings. The first kappa shape index (κ1) is 22.8. The summed E-state index contributed by atoms with van der Waals surface area (Å²) < 4.78 is 16.1. The molecule has 1 N–H and O–H groups in total. The van der Waals surface area contributed by atoms with E-state index < -0.39 is 18.2 Å². The minimum absolute atomic E-state index is 0.0282.